The minimum absolute atomic E-state index is 0.0165. The van der Waals surface area contributed by atoms with Gasteiger partial charge in [-0.05, 0) is 43.4 Å². The Bertz CT molecular complexity index is 513. The highest BCUT2D eigenvalue weighted by Gasteiger charge is 2.34. The normalized spacial score (nSPS) is 23.0. The van der Waals surface area contributed by atoms with Gasteiger partial charge in [-0.3, -0.25) is 0 Å². The summed E-state index contributed by atoms with van der Waals surface area (Å²) in [6, 6.07) is 8.11. The number of rotatable bonds is 4. The highest BCUT2D eigenvalue weighted by molar-refractivity contribution is 5.75. The summed E-state index contributed by atoms with van der Waals surface area (Å²) in [7, 11) is 1.66. The molecule has 1 aromatic rings. The average Bonchev–Trinajstić information content (AvgIpc) is 3.37. The van der Waals surface area contributed by atoms with Crippen LogP contribution in [-0.4, -0.2) is 43.8 Å². The minimum atomic E-state index is 0.0165. The molecule has 2 amide bonds. The van der Waals surface area contributed by atoms with Gasteiger partial charge in [-0.25, -0.2) is 4.79 Å². The van der Waals surface area contributed by atoms with Crippen LogP contribution in [0.5, 0.6) is 5.75 Å². The van der Waals surface area contributed by atoms with Crippen molar-refractivity contribution in [1.82, 2.24) is 10.2 Å². The summed E-state index contributed by atoms with van der Waals surface area (Å²) in [5.41, 5.74) is 1.15. The maximum absolute atomic E-state index is 12.5. The van der Waals surface area contributed by atoms with Crippen molar-refractivity contribution in [2.45, 2.75) is 31.9 Å². The van der Waals surface area contributed by atoms with Gasteiger partial charge in [-0.2, -0.15) is 0 Å². The zero-order valence-corrected chi connectivity index (χ0v) is 13.2. The highest BCUT2D eigenvalue weighted by Crippen LogP contribution is 2.41. The van der Waals surface area contributed by atoms with Gasteiger partial charge in [0.15, 0.2) is 0 Å². The van der Waals surface area contributed by atoms with Gasteiger partial charge < -0.3 is 19.7 Å². The van der Waals surface area contributed by atoms with Crippen molar-refractivity contribution in [2.75, 3.05) is 26.8 Å². The Morgan fingerprint density at radius 2 is 2.09 bits per heavy atom. The highest BCUT2D eigenvalue weighted by atomic mass is 16.5. The van der Waals surface area contributed by atoms with Crippen molar-refractivity contribution in [1.29, 1.82) is 0 Å². The molecule has 1 heterocycles. The summed E-state index contributed by atoms with van der Waals surface area (Å²) in [6.07, 6.45) is 2.47. The predicted molar refractivity (Wildman–Crippen MR) is 84.0 cm³/mol. The molecule has 0 spiro atoms. The summed E-state index contributed by atoms with van der Waals surface area (Å²) in [5.74, 6) is 1.39. The van der Waals surface area contributed by atoms with Crippen molar-refractivity contribution in [2.24, 2.45) is 5.92 Å². The lowest BCUT2D eigenvalue weighted by molar-refractivity contribution is -0.00398. The van der Waals surface area contributed by atoms with Crippen molar-refractivity contribution in [3.63, 3.8) is 0 Å². The SMILES string of the molecule is COc1ccc([C@H](NC(=O)N2CCO[C@H](C)C2)C2CC2)cc1. The second kappa shape index (κ2) is 6.57. The van der Waals surface area contributed by atoms with Gasteiger partial charge >= 0.3 is 6.03 Å². The second-order valence-corrected chi connectivity index (χ2v) is 6.17. The topological polar surface area (TPSA) is 50.8 Å². The fourth-order valence-electron chi connectivity index (χ4n) is 2.94. The molecule has 0 unspecified atom stereocenters. The number of carbonyl (C=O) groups excluding carboxylic acids is 1. The molecule has 1 aromatic carbocycles. The first-order valence-corrected chi connectivity index (χ1v) is 7.98. The van der Waals surface area contributed by atoms with Crippen LogP contribution in [0.25, 0.3) is 0 Å². The van der Waals surface area contributed by atoms with E-state index in [4.69, 9.17) is 9.47 Å². The fourth-order valence-corrected chi connectivity index (χ4v) is 2.94. The first-order chi connectivity index (χ1) is 10.7. The number of ether oxygens (including phenoxy) is 2. The van der Waals surface area contributed by atoms with E-state index in [2.05, 4.69) is 5.32 Å². The number of hydrogen-bond acceptors (Lipinski definition) is 3. The minimum Gasteiger partial charge on any atom is -0.497 e. The van der Waals surface area contributed by atoms with E-state index in [9.17, 15) is 4.79 Å². The van der Waals surface area contributed by atoms with Crippen LogP contribution >= 0.6 is 0 Å². The molecule has 1 aliphatic carbocycles. The molecule has 3 rings (SSSR count). The monoisotopic (exact) mass is 304 g/mol. The molecule has 120 valence electrons. The van der Waals surface area contributed by atoms with Crippen molar-refractivity contribution in [3.05, 3.63) is 29.8 Å². The van der Waals surface area contributed by atoms with E-state index in [1.54, 1.807) is 7.11 Å². The van der Waals surface area contributed by atoms with E-state index >= 15 is 0 Å². The molecular formula is C17H24N2O3. The molecule has 5 nitrogen and oxygen atoms in total. The number of urea groups is 1. The Morgan fingerprint density at radius 3 is 2.68 bits per heavy atom. The third kappa shape index (κ3) is 3.53. The van der Waals surface area contributed by atoms with Crippen LogP contribution < -0.4 is 10.1 Å². The molecule has 1 N–H and O–H groups in total. The summed E-state index contributed by atoms with van der Waals surface area (Å²) >= 11 is 0. The smallest absolute Gasteiger partial charge is 0.318 e. The molecule has 2 aliphatic rings. The van der Waals surface area contributed by atoms with E-state index in [-0.39, 0.29) is 18.2 Å². The molecule has 22 heavy (non-hydrogen) atoms. The maximum atomic E-state index is 12.5. The van der Waals surface area contributed by atoms with Gasteiger partial charge in [0.2, 0.25) is 0 Å². The van der Waals surface area contributed by atoms with Crippen molar-refractivity contribution in [3.8, 4) is 5.75 Å². The number of nitrogens with zero attached hydrogens (tertiary/aromatic N) is 1. The predicted octanol–water partition coefficient (Wildman–Crippen LogP) is 2.58. The first-order valence-electron chi connectivity index (χ1n) is 7.98. The molecule has 0 aromatic heterocycles. The van der Waals surface area contributed by atoms with Crippen LogP contribution in [0.3, 0.4) is 0 Å². The summed E-state index contributed by atoms with van der Waals surface area (Å²) in [6.45, 7) is 3.94. The number of methoxy groups -OCH3 is 1. The van der Waals surface area contributed by atoms with E-state index in [1.165, 1.54) is 12.8 Å². The standard InChI is InChI=1S/C17H24N2O3/c1-12-11-19(9-10-22-12)17(20)18-16(13-3-4-13)14-5-7-15(21-2)8-6-14/h5-8,12-13,16H,3-4,9-11H2,1-2H3,(H,18,20)/t12-,16-/m1/s1. The Morgan fingerprint density at radius 1 is 1.36 bits per heavy atom. The lowest BCUT2D eigenvalue weighted by Crippen LogP contribution is -2.49. The van der Waals surface area contributed by atoms with Crippen LogP contribution in [0.4, 0.5) is 4.79 Å². The van der Waals surface area contributed by atoms with Crippen LogP contribution in [0, 0.1) is 5.92 Å². The van der Waals surface area contributed by atoms with E-state index in [0.717, 1.165) is 11.3 Å². The molecule has 1 saturated carbocycles. The molecule has 2 fully saturated rings. The van der Waals surface area contributed by atoms with Crippen LogP contribution in [-0.2, 0) is 4.74 Å². The van der Waals surface area contributed by atoms with Gasteiger partial charge in [0.05, 0.1) is 25.9 Å². The molecule has 1 saturated heterocycles. The number of benzene rings is 1. The molecule has 2 atom stereocenters. The summed E-state index contributed by atoms with van der Waals surface area (Å²) in [4.78, 5) is 14.4. The number of hydrogen-bond donors (Lipinski definition) is 1. The average molecular weight is 304 g/mol. The quantitative estimate of drug-likeness (QED) is 0.930. The third-order valence-corrected chi connectivity index (χ3v) is 4.38. The third-order valence-electron chi connectivity index (χ3n) is 4.38. The number of nitrogens with one attached hydrogen (secondary N) is 1. The van der Waals surface area contributed by atoms with Gasteiger partial charge in [-0.15, -0.1) is 0 Å². The largest absolute Gasteiger partial charge is 0.497 e. The number of amides is 2. The molecule has 5 heteroatoms. The lowest BCUT2D eigenvalue weighted by Gasteiger charge is -2.32. The maximum Gasteiger partial charge on any atom is 0.318 e. The second-order valence-electron chi connectivity index (χ2n) is 6.17. The van der Waals surface area contributed by atoms with Gasteiger partial charge in [-0.1, -0.05) is 12.1 Å². The van der Waals surface area contributed by atoms with Gasteiger partial charge in [0.1, 0.15) is 5.75 Å². The van der Waals surface area contributed by atoms with Crippen molar-refractivity contribution < 1.29 is 14.3 Å². The van der Waals surface area contributed by atoms with E-state index in [1.807, 2.05) is 36.1 Å². The molecule has 0 radical (unpaired) electrons. The molecular weight excluding hydrogens is 280 g/mol. The number of morpholine rings is 1. The zero-order valence-electron chi connectivity index (χ0n) is 13.2. The van der Waals surface area contributed by atoms with E-state index in [0.29, 0.717) is 25.6 Å². The van der Waals surface area contributed by atoms with Crippen LogP contribution in [0.15, 0.2) is 24.3 Å². The fraction of sp³-hybridized carbons (Fsp3) is 0.588. The van der Waals surface area contributed by atoms with Gasteiger partial charge in [0, 0.05) is 13.1 Å². The van der Waals surface area contributed by atoms with E-state index < -0.39 is 0 Å². The zero-order chi connectivity index (χ0) is 15.5. The summed E-state index contributed by atoms with van der Waals surface area (Å²) in [5, 5.41) is 3.21. The molecule has 0 bridgehead atoms. The lowest BCUT2D eigenvalue weighted by atomic mass is 10.0. The summed E-state index contributed by atoms with van der Waals surface area (Å²) < 4.78 is 10.7. The van der Waals surface area contributed by atoms with Crippen LogP contribution in [0.2, 0.25) is 0 Å². The Labute approximate surface area is 131 Å². The van der Waals surface area contributed by atoms with Crippen LogP contribution in [0.1, 0.15) is 31.4 Å². The van der Waals surface area contributed by atoms with Gasteiger partial charge in [0.25, 0.3) is 0 Å². The van der Waals surface area contributed by atoms with Crippen molar-refractivity contribution >= 4 is 6.03 Å². The Hall–Kier alpha value is -1.75. The Kier molecular flexibility index (Phi) is 4.52. The Balaban J connectivity index is 1.67. The molecule has 1 aliphatic heterocycles. The first kappa shape index (κ1) is 15.2. The number of carbonyl (C=O) groups is 1.